The number of alkyl halides is 3. The SMILES string of the molecule is NC1CCCCCC1S(=O)c1cccc(C(F)(F)F)c1. The molecule has 6 heteroatoms. The predicted molar refractivity (Wildman–Crippen MR) is 72.7 cm³/mol. The molecule has 0 saturated heterocycles. The maximum atomic E-state index is 12.7. The van der Waals surface area contributed by atoms with Crippen LogP contribution in [0.15, 0.2) is 29.2 Å². The molecule has 2 N–H and O–H groups in total. The Kier molecular flexibility index (Phi) is 4.86. The second-order valence-electron chi connectivity index (χ2n) is 5.16. The highest BCUT2D eigenvalue weighted by Crippen LogP contribution is 2.31. The average Bonchev–Trinajstić information content (AvgIpc) is 2.62. The fourth-order valence-corrected chi connectivity index (χ4v) is 4.18. The van der Waals surface area contributed by atoms with Gasteiger partial charge < -0.3 is 5.73 Å². The minimum atomic E-state index is -4.41. The molecule has 112 valence electrons. The monoisotopic (exact) mass is 305 g/mol. The first-order chi connectivity index (χ1) is 9.39. The summed E-state index contributed by atoms with van der Waals surface area (Å²) in [5.74, 6) is 0. The van der Waals surface area contributed by atoms with E-state index >= 15 is 0 Å². The Morgan fingerprint density at radius 2 is 1.85 bits per heavy atom. The molecule has 20 heavy (non-hydrogen) atoms. The van der Waals surface area contributed by atoms with E-state index in [9.17, 15) is 17.4 Å². The molecule has 0 spiro atoms. The molecule has 1 fully saturated rings. The van der Waals surface area contributed by atoms with Gasteiger partial charge in [0.05, 0.1) is 21.6 Å². The summed E-state index contributed by atoms with van der Waals surface area (Å²) in [6, 6.07) is 4.57. The molecule has 2 rings (SSSR count). The van der Waals surface area contributed by atoms with Crippen molar-refractivity contribution in [3.05, 3.63) is 29.8 Å². The lowest BCUT2D eigenvalue weighted by molar-refractivity contribution is -0.137. The van der Waals surface area contributed by atoms with E-state index < -0.39 is 22.5 Å². The Bertz CT molecular complexity index is 490. The van der Waals surface area contributed by atoms with Gasteiger partial charge in [0, 0.05) is 10.9 Å². The highest BCUT2D eigenvalue weighted by Gasteiger charge is 2.32. The van der Waals surface area contributed by atoms with E-state index in [2.05, 4.69) is 0 Å². The molecule has 0 aliphatic heterocycles. The van der Waals surface area contributed by atoms with Crippen LogP contribution in [0.1, 0.15) is 37.7 Å². The van der Waals surface area contributed by atoms with E-state index in [1.165, 1.54) is 12.1 Å². The van der Waals surface area contributed by atoms with Crippen LogP contribution in [0.3, 0.4) is 0 Å². The standard InChI is InChI=1S/C14H18F3NOS/c15-14(16,17)10-5-4-6-11(9-10)20(19)13-8-3-1-2-7-12(13)18/h4-6,9,12-13H,1-3,7-8,18H2. The van der Waals surface area contributed by atoms with Crippen molar-refractivity contribution in [3.63, 3.8) is 0 Å². The van der Waals surface area contributed by atoms with Crippen molar-refractivity contribution in [3.8, 4) is 0 Å². The second kappa shape index (κ2) is 6.26. The summed E-state index contributed by atoms with van der Waals surface area (Å²) in [6.07, 6.45) is 0.0652. The maximum Gasteiger partial charge on any atom is 0.416 e. The van der Waals surface area contributed by atoms with Crippen LogP contribution in [0.25, 0.3) is 0 Å². The van der Waals surface area contributed by atoms with Crippen molar-refractivity contribution < 1.29 is 17.4 Å². The van der Waals surface area contributed by atoms with Crippen molar-refractivity contribution >= 4 is 10.8 Å². The number of nitrogens with two attached hydrogens (primary N) is 1. The normalized spacial score (nSPS) is 26.0. The summed E-state index contributed by atoms with van der Waals surface area (Å²) in [4.78, 5) is 0.224. The van der Waals surface area contributed by atoms with Crippen LogP contribution >= 0.6 is 0 Å². The fraction of sp³-hybridized carbons (Fsp3) is 0.571. The molecule has 3 atom stereocenters. The zero-order valence-corrected chi connectivity index (χ0v) is 11.8. The van der Waals surface area contributed by atoms with Crippen LogP contribution < -0.4 is 5.73 Å². The molecule has 1 saturated carbocycles. The van der Waals surface area contributed by atoms with Crippen LogP contribution in [-0.2, 0) is 17.0 Å². The number of hydrogen-bond donors (Lipinski definition) is 1. The average molecular weight is 305 g/mol. The third-order valence-corrected chi connectivity index (χ3v) is 5.53. The maximum absolute atomic E-state index is 12.7. The van der Waals surface area contributed by atoms with Crippen LogP contribution in [0.2, 0.25) is 0 Å². The lowest BCUT2D eigenvalue weighted by Crippen LogP contribution is -2.36. The first-order valence-electron chi connectivity index (χ1n) is 6.73. The van der Waals surface area contributed by atoms with Crippen molar-refractivity contribution in [2.24, 2.45) is 5.73 Å². The highest BCUT2D eigenvalue weighted by atomic mass is 32.2. The fourth-order valence-electron chi connectivity index (χ4n) is 2.54. The first kappa shape index (κ1) is 15.5. The van der Waals surface area contributed by atoms with Crippen molar-refractivity contribution in [1.29, 1.82) is 0 Å². The number of hydrogen-bond acceptors (Lipinski definition) is 2. The molecule has 3 unspecified atom stereocenters. The van der Waals surface area contributed by atoms with Crippen molar-refractivity contribution in [1.82, 2.24) is 0 Å². The van der Waals surface area contributed by atoms with Gasteiger partial charge in [-0.2, -0.15) is 13.2 Å². The smallest absolute Gasteiger partial charge is 0.327 e. The van der Waals surface area contributed by atoms with Gasteiger partial charge in [0.2, 0.25) is 0 Å². The van der Waals surface area contributed by atoms with Crippen LogP contribution in [-0.4, -0.2) is 15.5 Å². The van der Waals surface area contributed by atoms with Gasteiger partial charge in [0.25, 0.3) is 0 Å². The van der Waals surface area contributed by atoms with E-state index in [4.69, 9.17) is 5.73 Å². The second-order valence-corrected chi connectivity index (χ2v) is 6.84. The molecule has 1 aromatic rings. The van der Waals surface area contributed by atoms with E-state index in [1.54, 1.807) is 0 Å². The molecule has 1 aromatic carbocycles. The minimum Gasteiger partial charge on any atom is -0.327 e. The molecular formula is C14H18F3NOS. The topological polar surface area (TPSA) is 43.1 Å². The largest absolute Gasteiger partial charge is 0.416 e. The molecule has 0 amide bonds. The van der Waals surface area contributed by atoms with E-state index in [-0.39, 0.29) is 16.2 Å². The van der Waals surface area contributed by atoms with Gasteiger partial charge in [-0.1, -0.05) is 25.3 Å². The van der Waals surface area contributed by atoms with Gasteiger partial charge in [-0.15, -0.1) is 0 Å². The van der Waals surface area contributed by atoms with Gasteiger partial charge in [-0.25, -0.2) is 0 Å². The van der Waals surface area contributed by atoms with Crippen LogP contribution in [0, 0.1) is 0 Å². The Morgan fingerprint density at radius 1 is 1.15 bits per heavy atom. The molecule has 0 radical (unpaired) electrons. The summed E-state index contributed by atoms with van der Waals surface area (Å²) in [5.41, 5.74) is 5.27. The summed E-state index contributed by atoms with van der Waals surface area (Å²) < 4.78 is 50.6. The van der Waals surface area contributed by atoms with E-state index in [0.29, 0.717) is 6.42 Å². The minimum absolute atomic E-state index is 0.201. The highest BCUT2D eigenvalue weighted by molar-refractivity contribution is 7.85. The van der Waals surface area contributed by atoms with Gasteiger partial charge in [0.1, 0.15) is 0 Å². The summed E-state index contributed by atoms with van der Waals surface area (Å²) in [6.45, 7) is 0. The van der Waals surface area contributed by atoms with Gasteiger partial charge >= 0.3 is 6.18 Å². The Morgan fingerprint density at radius 3 is 2.55 bits per heavy atom. The number of rotatable bonds is 2. The zero-order valence-electron chi connectivity index (χ0n) is 11.0. The van der Waals surface area contributed by atoms with Crippen LogP contribution in [0.4, 0.5) is 13.2 Å². The molecule has 1 aliphatic rings. The summed E-state index contributed by atoms with van der Waals surface area (Å²) in [5, 5.41) is -0.249. The Balaban J connectivity index is 2.24. The van der Waals surface area contributed by atoms with Gasteiger partial charge in [-0.3, -0.25) is 4.21 Å². The first-order valence-corrected chi connectivity index (χ1v) is 7.94. The van der Waals surface area contributed by atoms with E-state index in [1.807, 2.05) is 0 Å². The molecular weight excluding hydrogens is 287 g/mol. The summed E-state index contributed by atoms with van der Waals surface area (Å²) in [7, 11) is -1.48. The predicted octanol–water partition coefficient (Wildman–Crippen LogP) is 3.47. The third kappa shape index (κ3) is 3.61. The molecule has 2 nitrogen and oxygen atoms in total. The van der Waals surface area contributed by atoms with Crippen molar-refractivity contribution in [2.75, 3.05) is 0 Å². The zero-order chi connectivity index (χ0) is 14.8. The van der Waals surface area contributed by atoms with Gasteiger partial charge in [0.15, 0.2) is 0 Å². The molecule has 1 aliphatic carbocycles. The number of benzene rings is 1. The molecule has 0 heterocycles. The van der Waals surface area contributed by atoms with Crippen LogP contribution in [0.5, 0.6) is 0 Å². The van der Waals surface area contributed by atoms with Gasteiger partial charge in [-0.05, 0) is 31.0 Å². The Labute approximate surface area is 119 Å². The van der Waals surface area contributed by atoms with Crippen molar-refractivity contribution in [2.45, 2.75) is 54.5 Å². The number of halogens is 3. The molecule has 0 aromatic heterocycles. The lowest BCUT2D eigenvalue weighted by Gasteiger charge is -2.21. The van der Waals surface area contributed by atoms with E-state index in [0.717, 1.165) is 37.8 Å². The third-order valence-electron chi connectivity index (χ3n) is 3.67. The Hall–Kier alpha value is -0.880. The lowest BCUT2D eigenvalue weighted by atomic mass is 10.1. The quantitative estimate of drug-likeness (QED) is 0.850. The summed E-state index contributed by atoms with van der Waals surface area (Å²) >= 11 is 0. The molecule has 0 bridgehead atoms.